The molecular weight excluding hydrogens is 452 g/mol. The molecule has 3 aromatic carbocycles. The predicted molar refractivity (Wildman–Crippen MR) is 131 cm³/mol. The van der Waals surface area contributed by atoms with Gasteiger partial charge in [-0.25, -0.2) is 13.4 Å². The molecule has 0 radical (unpaired) electrons. The average molecular weight is 481 g/mol. The molecule has 2 atom stereocenters. The minimum atomic E-state index is -3.80. The summed E-state index contributed by atoms with van der Waals surface area (Å²) in [5.74, 6) is 1.30. The lowest BCUT2D eigenvalue weighted by Crippen LogP contribution is -2.42. The van der Waals surface area contributed by atoms with Gasteiger partial charge in [-0.2, -0.15) is 4.72 Å². The molecule has 0 aliphatic carbocycles. The van der Waals surface area contributed by atoms with Gasteiger partial charge in [-0.3, -0.25) is 0 Å². The highest BCUT2D eigenvalue weighted by Gasteiger charge is 2.30. The average Bonchev–Trinajstić information content (AvgIpc) is 3.29. The van der Waals surface area contributed by atoms with Crippen molar-refractivity contribution in [2.45, 2.75) is 36.7 Å². The number of rotatable bonds is 9. The molecule has 4 rings (SSSR count). The number of aromatic hydroxyl groups is 1. The second-order valence-corrected chi connectivity index (χ2v) is 10.1. The summed E-state index contributed by atoms with van der Waals surface area (Å²) in [6.07, 6.45) is 1.00. The highest BCUT2D eigenvalue weighted by atomic mass is 32.2. The van der Waals surface area contributed by atoms with Crippen LogP contribution in [0.25, 0.3) is 0 Å². The fraction of sp³-hybridized carbons (Fsp3) is 0.269. The Balaban J connectivity index is 1.56. The zero-order valence-corrected chi connectivity index (χ0v) is 20.0. The first-order chi connectivity index (χ1) is 16.3. The molecule has 2 N–H and O–H groups in total. The smallest absolute Gasteiger partial charge is 0.241 e. The summed E-state index contributed by atoms with van der Waals surface area (Å²) < 4.78 is 40.1. The van der Waals surface area contributed by atoms with E-state index in [-0.39, 0.29) is 16.7 Å². The van der Waals surface area contributed by atoms with Crippen LogP contribution in [0.5, 0.6) is 11.5 Å². The van der Waals surface area contributed by atoms with E-state index in [0.717, 1.165) is 22.4 Å². The second kappa shape index (κ2) is 10.3. The van der Waals surface area contributed by atoms with Crippen molar-refractivity contribution >= 4 is 15.9 Å². The number of methoxy groups -OCH3 is 1. The van der Waals surface area contributed by atoms with Gasteiger partial charge in [0.2, 0.25) is 15.9 Å². The SMILES string of the molecule is COc1ccc(C[C@H]2COC([C@H](Cc3ccc(O)cc3)NS(=O)(=O)c3ccc(C)cc3)=N2)cc1. The van der Waals surface area contributed by atoms with Crippen molar-refractivity contribution in [3.05, 3.63) is 89.5 Å². The van der Waals surface area contributed by atoms with E-state index in [0.29, 0.717) is 25.3 Å². The highest BCUT2D eigenvalue weighted by Crippen LogP contribution is 2.20. The Morgan fingerprint density at radius 1 is 1.03 bits per heavy atom. The van der Waals surface area contributed by atoms with E-state index in [2.05, 4.69) is 4.72 Å². The molecule has 0 saturated carbocycles. The molecule has 1 aliphatic heterocycles. The normalized spacial score (nSPS) is 16.5. The minimum Gasteiger partial charge on any atom is -0.508 e. The van der Waals surface area contributed by atoms with Gasteiger partial charge in [0.05, 0.1) is 18.0 Å². The van der Waals surface area contributed by atoms with Crippen LogP contribution < -0.4 is 9.46 Å². The van der Waals surface area contributed by atoms with Gasteiger partial charge in [-0.05, 0) is 67.3 Å². The summed E-state index contributed by atoms with van der Waals surface area (Å²) in [6, 6.07) is 20.3. The number of phenols is 1. The maximum atomic E-state index is 13.1. The Labute approximate surface area is 200 Å². The van der Waals surface area contributed by atoms with E-state index >= 15 is 0 Å². The first kappa shape index (κ1) is 23.8. The number of ether oxygens (including phenoxy) is 2. The first-order valence-corrected chi connectivity index (χ1v) is 12.5. The lowest BCUT2D eigenvalue weighted by Gasteiger charge is -2.19. The molecule has 34 heavy (non-hydrogen) atoms. The van der Waals surface area contributed by atoms with Gasteiger partial charge < -0.3 is 14.6 Å². The van der Waals surface area contributed by atoms with E-state index in [9.17, 15) is 13.5 Å². The number of hydrogen-bond acceptors (Lipinski definition) is 6. The van der Waals surface area contributed by atoms with Crippen molar-refractivity contribution in [3.8, 4) is 11.5 Å². The maximum absolute atomic E-state index is 13.1. The molecule has 0 spiro atoms. The Kier molecular flexibility index (Phi) is 7.19. The Bertz CT molecular complexity index is 1240. The van der Waals surface area contributed by atoms with Crippen LogP contribution in [0.15, 0.2) is 82.7 Å². The van der Waals surface area contributed by atoms with Crippen LogP contribution in [0.3, 0.4) is 0 Å². The minimum absolute atomic E-state index is 0.116. The fourth-order valence-electron chi connectivity index (χ4n) is 3.78. The number of nitrogens with one attached hydrogen (secondary N) is 1. The molecule has 0 fully saturated rings. The predicted octanol–water partition coefficient (Wildman–Crippen LogP) is 3.64. The van der Waals surface area contributed by atoms with E-state index in [1.807, 2.05) is 31.2 Å². The highest BCUT2D eigenvalue weighted by molar-refractivity contribution is 7.89. The van der Waals surface area contributed by atoms with Crippen LogP contribution in [0, 0.1) is 6.92 Å². The van der Waals surface area contributed by atoms with Crippen molar-refractivity contribution in [1.82, 2.24) is 4.72 Å². The molecule has 8 heteroatoms. The van der Waals surface area contributed by atoms with Crippen LogP contribution in [0.2, 0.25) is 0 Å². The number of nitrogens with zero attached hydrogens (tertiary/aromatic N) is 1. The van der Waals surface area contributed by atoms with Gasteiger partial charge in [0.1, 0.15) is 24.1 Å². The van der Waals surface area contributed by atoms with Crippen LogP contribution in [-0.2, 0) is 27.6 Å². The van der Waals surface area contributed by atoms with Crippen LogP contribution in [0.1, 0.15) is 16.7 Å². The molecule has 0 saturated heterocycles. The molecule has 7 nitrogen and oxygen atoms in total. The fourth-order valence-corrected chi connectivity index (χ4v) is 4.97. The van der Waals surface area contributed by atoms with E-state index in [1.165, 1.54) is 0 Å². The number of benzene rings is 3. The zero-order chi connectivity index (χ0) is 24.1. The topological polar surface area (TPSA) is 97.2 Å². The van der Waals surface area contributed by atoms with Gasteiger partial charge in [0.15, 0.2) is 0 Å². The van der Waals surface area contributed by atoms with Crippen molar-refractivity contribution in [1.29, 1.82) is 0 Å². The van der Waals surface area contributed by atoms with Crippen molar-refractivity contribution in [3.63, 3.8) is 0 Å². The van der Waals surface area contributed by atoms with Gasteiger partial charge in [-0.15, -0.1) is 0 Å². The number of hydrogen-bond donors (Lipinski definition) is 2. The first-order valence-electron chi connectivity index (χ1n) is 11.0. The van der Waals surface area contributed by atoms with Crippen LogP contribution >= 0.6 is 0 Å². The molecule has 3 aromatic rings. The Morgan fingerprint density at radius 2 is 1.68 bits per heavy atom. The van der Waals surface area contributed by atoms with Crippen molar-refractivity contribution in [2.24, 2.45) is 4.99 Å². The molecule has 0 amide bonds. The molecule has 178 valence electrons. The van der Waals surface area contributed by atoms with E-state index < -0.39 is 16.1 Å². The van der Waals surface area contributed by atoms with Gasteiger partial charge >= 0.3 is 0 Å². The second-order valence-electron chi connectivity index (χ2n) is 8.34. The standard InChI is InChI=1S/C26H28N2O5S/c1-18-3-13-24(14-4-18)34(30,31)28-25(16-20-5-9-22(29)10-6-20)26-27-21(17-33-26)15-19-7-11-23(32-2)12-8-19/h3-14,21,25,28-29H,15-17H2,1-2H3/t21-,25-/m0/s1. The number of sulfonamides is 1. The lowest BCUT2D eigenvalue weighted by atomic mass is 10.1. The summed E-state index contributed by atoms with van der Waals surface area (Å²) >= 11 is 0. The van der Waals surface area contributed by atoms with Crippen molar-refractivity contribution < 1.29 is 23.0 Å². The summed E-state index contributed by atoms with van der Waals surface area (Å²) in [7, 11) is -2.17. The zero-order valence-electron chi connectivity index (χ0n) is 19.1. The maximum Gasteiger partial charge on any atom is 0.241 e. The Morgan fingerprint density at radius 3 is 2.32 bits per heavy atom. The third kappa shape index (κ3) is 5.95. The van der Waals surface area contributed by atoms with Crippen molar-refractivity contribution in [2.75, 3.05) is 13.7 Å². The van der Waals surface area contributed by atoms with E-state index in [1.54, 1.807) is 55.6 Å². The summed E-state index contributed by atoms with van der Waals surface area (Å²) in [4.78, 5) is 4.90. The van der Waals surface area contributed by atoms with Gasteiger partial charge in [0.25, 0.3) is 0 Å². The number of aliphatic imine (C=N–C) groups is 1. The molecule has 1 aliphatic rings. The van der Waals surface area contributed by atoms with Gasteiger partial charge in [0, 0.05) is 0 Å². The Hall–Kier alpha value is -3.36. The molecule has 1 heterocycles. The summed E-state index contributed by atoms with van der Waals surface area (Å²) in [5.41, 5.74) is 2.92. The lowest BCUT2D eigenvalue weighted by molar-refractivity contribution is 0.302. The van der Waals surface area contributed by atoms with E-state index in [4.69, 9.17) is 14.5 Å². The van der Waals surface area contributed by atoms with Gasteiger partial charge in [-0.1, -0.05) is 42.0 Å². The van der Waals surface area contributed by atoms with Crippen LogP contribution in [0.4, 0.5) is 0 Å². The summed E-state index contributed by atoms with van der Waals surface area (Å²) in [5, 5.41) is 9.60. The molecule has 0 aromatic heterocycles. The number of aryl methyl sites for hydroxylation is 1. The molecular formula is C26H28N2O5S. The third-order valence-corrected chi connectivity index (χ3v) is 7.15. The quantitative estimate of drug-likeness (QED) is 0.487. The summed E-state index contributed by atoms with van der Waals surface area (Å²) in [6.45, 7) is 2.28. The molecule has 0 unspecified atom stereocenters. The monoisotopic (exact) mass is 480 g/mol. The largest absolute Gasteiger partial charge is 0.508 e. The number of phenolic OH excluding ortho intramolecular Hbond substituents is 1. The molecule has 0 bridgehead atoms. The third-order valence-electron chi connectivity index (χ3n) is 5.67. The van der Waals surface area contributed by atoms with Crippen LogP contribution in [-0.4, -0.2) is 45.2 Å².